The Balaban J connectivity index is 1.82. The summed E-state index contributed by atoms with van der Waals surface area (Å²) in [6.07, 6.45) is 4.65. The van der Waals surface area contributed by atoms with Crippen molar-refractivity contribution in [1.82, 2.24) is 15.5 Å². The lowest BCUT2D eigenvalue weighted by Crippen LogP contribution is -2.33. The molecule has 0 saturated carbocycles. The number of hydrogen-bond donors (Lipinski definition) is 3. The zero-order valence-corrected chi connectivity index (χ0v) is 10.1. The van der Waals surface area contributed by atoms with E-state index in [2.05, 4.69) is 15.5 Å². The van der Waals surface area contributed by atoms with Crippen molar-refractivity contribution in [2.24, 2.45) is 0 Å². The number of nitrogens with zero attached hydrogens (tertiary/aromatic N) is 1. The lowest BCUT2D eigenvalue weighted by molar-refractivity contribution is 0.0939. The van der Waals surface area contributed by atoms with Crippen LogP contribution in [0, 0.1) is 0 Å². The third kappa shape index (κ3) is 2.91. The Labute approximate surface area is 105 Å². The van der Waals surface area contributed by atoms with E-state index in [1.54, 1.807) is 6.26 Å². The number of aryl methyl sites for hydroxylation is 1. The number of furan rings is 1. The molecule has 0 bridgehead atoms. The van der Waals surface area contributed by atoms with Gasteiger partial charge in [-0.1, -0.05) is 0 Å². The molecule has 96 valence electrons. The smallest absolute Gasteiger partial charge is 0.256 e. The van der Waals surface area contributed by atoms with E-state index in [4.69, 9.17) is 10.2 Å². The molecule has 2 aromatic heterocycles. The predicted octanol–water partition coefficient (Wildman–Crippen LogP) is 1.34. The number of amides is 1. The van der Waals surface area contributed by atoms with Crippen LogP contribution in [0.2, 0.25) is 0 Å². The molecule has 0 aliphatic carbocycles. The number of carbonyl (C=O) groups is 1. The van der Waals surface area contributed by atoms with Gasteiger partial charge in [0.2, 0.25) is 0 Å². The molecule has 6 heteroatoms. The minimum absolute atomic E-state index is 0.0388. The van der Waals surface area contributed by atoms with Crippen LogP contribution in [0.1, 0.15) is 29.5 Å². The zero-order valence-electron chi connectivity index (χ0n) is 10.1. The monoisotopic (exact) mass is 248 g/mol. The van der Waals surface area contributed by atoms with Crippen molar-refractivity contribution >= 4 is 11.7 Å². The van der Waals surface area contributed by atoms with Gasteiger partial charge in [0.25, 0.3) is 5.91 Å². The Kier molecular flexibility index (Phi) is 3.66. The quantitative estimate of drug-likeness (QED) is 0.743. The van der Waals surface area contributed by atoms with E-state index in [0.29, 0.717) is 5.56 Å². The van der Waals surface area contributed by atoms with Crippen LogP contribution in [0.15, 0.2) is 29.0 Å². The molecule has 0 aliphatic rings. The molecule has 1 atom stereocenters. The lowest BCUT2D eigenvalue weighted by atomic mass is 10.1. The fraction of sp³-hybridized carbons (Fsp3) is 0.333. The third-order valence-electron chi connectivity index (χ3n) is 2.69. The van der Waals surface area contributed by atoms with Crippen molar-refractivity contribution in [3.05, 3.63) is 35.9 Å². The molecule has 0 aliphatic heterocycles. The molecule has 2 aromatic rings. The highest BCUT2D eigenvalue weighted by Gasteiger charge is 2.14. The minimum Gasteiger partial charge on any atom is -0.469 e. The summed E-state index contributed by atoms with van der Waals surface area (Å²) in [6, 6.07) is 3.81. The highest BCUT2D eigenvalue weighted by molar-refractivity contribution is 5.98. The Hall–Kier alpha value is -2.24. The molecule has 6 nitrogen and oxygen atoms in total. The van der Waals surface area contributed by atoms with E-state index in [9.17, 15) is 4.79 Å². The maximum Gasteiger partial charge on any atom is 0.256 e. The molecule has 0 spiro atoms. The minimum atomic E-state index is -0.215. The standard InChI is InChI=1S/C12H16N4O2/c1-8(4-5-9-3-2-6-18-9)15-12(17)10-7-14-16-11(10)13/h2-3,6-8H,4-5H2,1H3,(H,15,17)(H3,13,14,16). The van der Waals surface area contributed by atoms with Gasteiger partial charge in [0.05, 0.1) is 12.5 Å². The average Bonchev–Trinajstić information content (AvgIpc) is 2.97. The Morgan fingerprint density at radius 2 is 2.50 bits per heavy atom. The first-order valence-corrected chi connectivity index (χ1v) is 5.79. The van der Waals surface area contributed by atoms with Crippen LogP contribution in [0.25, 0.3) is 0 Å². The van der Waals surface area contributed by atoms with Gasteiger partial charge in [0, 0.05) is 12.5 Å². The summed E-state index contributed by atoms with van der Waals surface area (Å²) in [7, 11) is 0. The maximum absolute atomic E-state index is 11.8. The van der Waals surface area contributed by atoms with Crippen molar-refractivity contribution in [2.75, 3.05) is 5.73 Å². The number of anilines is 1. The lowest BCUT2D eigenvalue weighted by Gasteiger charge is -2.12. The molecule has 0 aromatic carbocycles. The van der Waals surface area contributed by atoms with E-state index in [1.807, 2.05) is 19.1 Å². The summed E-state index contributed by atoms with van der Waals surface area (Å²) < 4.78 is 5.23. The van der Waals surface area contributed by atoms with Gasteiger partial charge in [0.1, 0.15) is 17.1 Å². The van der Waals surface area contributed by atoms with Gasteiger partial charge in [-0.25, -0.2) is 0 Å². The van der Waals surface area contributed by atoms with Crippen molar-refractivity contribution in [3.63, 3.8) is 0 Å². The third-order valence-corrected chi connectivity index (χ3v) is 2.69. The van der Waals surface area contributed by atoms with Gasteiger partial charge in [-0.2, -0.15) is 5.10 Å². The SMILES string of the molecule is CC(CCc1ccco1)NC(=O)c1cn[nH]c1N. The molecule has 0 saturated heterocycles. The number of nitrogens with two attached hydrogens (primary N) is 1. The zero-order chi connectivity index (χ0) is 13.0. The number of nitrogens with one attached hydrogen (secondary N) is 2. The molecule has 0 radical (unpaired) electrons. The maximum atomic E-state index is 11.8. The summed E-state index contributed by atoms with van der Waals surface area (Å²) in [5.41, 5.74) is 5.95. The number of H-pyrrole nitrogens is 1. The van der Waals surface area contributed by atoms with Crippen LogP contribution in [-0.4, -0.2) is 22.1 Å². The van der Waals surface area contributed by atoms with Gasteiger partial charge < -0.3 is 15.5 Å². The van der Waals surface area contributed by atoms with Crippen LogP contribution in [0.4, 0.5) is 5.82 Å². The summed E-state index contributed by atoms with van der Waals surface area (Å²) in [4.78, 5) is 11.8. The van der Waals surface area contributed by atoms with E-state index in [0.717, 1.165) is 18.6 Å². The van der Waals surface area contributed by atoms with Crippen molar-refractivity contribution in [3.8, 4) is 0 Å². The predicted molar refractivity (Wildman–Crippen MR) is 67.0 cm³/mol. The number of rotatable bonds is 5. The first-order valence-electron chi connectivity index (χ1n) is 5.79. The Bertz CT molecular complexity index is 504. The van der Waals surface area contributed by atoms with E-state index >= 15 is 0 Å². The van der Waals surface area contributed by atoms with Crippen LogP contribution < -0.4 is 11.1 Å². The van der Waals surface area contributed by atoms with Crippen LogP contribution >= 0.6 is 0 Å². The largest absolute Gasteiger partial charge is 0.469 e. The molecule has 0 fully saturated rings. The fourth-order valence-electron chi connectivity index (χ4n) is 1.66. The second-order valence-corrected chi connectivity index (χ2v) is 4.19. The molecule has 1 unspecified atom stereocenters. The molecular weight excluding hydrogens is 232 g/mol. The summed E-state index contributed by atoms with van der Waals surface area (Å²) >= 11 is 0. The number of carbonyl (C=O) groups excluding carboxylic acids is 1. The molecule has 4 N–H and O–H groups in total. The summed E-state index contributed by atoms with van der Waals surface area (Å²) in [5, 5.41) is 9.10. The van der Waals surface area contributed by atoms with E-state index in [-0.39, 0.29) is 17.8 Å². The van der Waals surface area contributed by atoms with Gasteiger partial charge >= 0.3 is 0 Å². The number of aromatic amines is 1. The first-order chi connectivity index (χ1) is 8.66. The van der Waals surface area contributed by atoms with Crippen molar-refractivity contribution in [2.45, 2.75) is 25.8 Å². The van der Waals surface area contributed by atoms with Crippen LogP contribution in [0.5, 0.6) is 0 Å². The van der Waals surface area contributed by atoms with E-state index in [1.165, 1.54) is 6.20 Å². The molecule has 2 heterocycles. The topological polar surface area (TPSA) is 96.9 Å². The number of nitrogen functional groups attached to an aromatic ring is 1. The van der Waals surface area contributed by atoms with Gasteiger partial charge in [-0.05, 0) is 25.5 Å². The van der Waals surface area contributed by atoms with Crippen molar-refractivity contribution in [1.29, 1.82) is 0 Å². The Morgan fingerprint density at radius 3 is 3.11 bits per heavy atom. The van der Waals surface area contributed by atoms with Gasteiger partial charge in [-0.3, -0.25) is 9.89 Å². The highest BCUT2D eigenvalue weighted by atomic mass is 16.3. The highest BCUT2D eigenvalue weighted by Crippen LogP contribution is 2.08. The van der Waals surface area contributed by atoms with E-state index < -0.39 is 0 Å². The second-order valence-electron chi connectivity index (χ2n) is 4.19. The molecule has 1 amide bonds. The molecule has 18 heavy (non-hydrogen) atoms. The fourth-order valence-corrected chi connectivity index (χ4v) is 1.66. The average molecular weight is 248 g/mol. The van der Waals surface area contributed by atoms with Crippen LogP contribution in [0.3, 0.4) is 0 Å². The first kappa shape index (κ1) is 12.2. The van der Waals surface area contributed by atoms with Gasteiger partial charge in [0.15, 0.2) is 0 Å². The number of aromatic nitrogens is 2. The van der Waals surface area contributed by atoms with Crippen LogP contribution in [-0.2, 0) is 6.42 Å². The van der Waals surface area contributed by atoms with Gasteiger partial charge in [-0.15, -0.1) is 0 Å². The number of hydrogen-bond acceptors (Lipinski definition) is 4. The molecule has 2 rings (SSSR count). The molecular formula is C12H16N4O2. The normalized spacial score (nSPS) is 12.3. The Morgan fingerprint density at radius 1 is 1.67 bits per heavy atom. The summed E-state index contributed by atoms with van der Waals surface area (Å²) in [6.45, 7) is 1.94. The van der Waals surface area contributed by atoms with Crippen molar-refractivity contribution < 1.29 is 9.21 Å². The summed E-state index contributed by atoms with van der Waals surface area (Å²) in [5.74, 6) is 0.984. The second kappa shape index (κ2) is 5.39.